The highest BCUT2D eigenvalue weighted by molar-refractivity contribution is 4.04. The van der Waals surface area contributed by atoms with Gasteiger partial charge in [-0.3, -0.25) is 0 Å². The van der Waals surface area contributed by atoms with Crippen molar-refractivity contribution in [3.8, 4) is 0 Å². The Labute approximate surface area is 39.3 Å². The van der Waals surface area contributed by atoms with E-state index in [4.69, 9.17) is 0 Å². The van der Waals surface area contributed by atoms with Gasteiger partial charge in [0.15, 0.2) is 0 Å². The molecule has 0 aromatic rings. The third-order valence-corrected chi connectivity index (χ3v) is 0.584. The molecule has 1 heterocycles. The first kappa shape index (κ1) is 4.91. The van der Waals surface area contributed by atoms with Gasteiger partial charge in [0, 0.05) is 4.94 Å². The van der Waals surface area contributed by atoms with Crippen LogP contribution in [0.2, 0.25) is 0 Å². The van der Waals surface area contributed by atoms with Crippen LogP contribution in [-0.4, -0.2) is 6.67 Å². The summed E-state index contributed by atoms with van der Waals surface area (Å²) in [6, 6.07) is 0. The molecule has 6 heteroatoms. The SMILES string of the molecule is [O-][NH+]1CN[NH+]([O-])O1. The summed E-state index contributed by atoms with van der Waals surface area (Å²) in [7, 11) is 0. The molecule has 1 saturated heterocycles. The summed E-state index contributed by atoms with van der Waals surface area (Å²) in [5.41, 5.74) is 2.16. The fraction of sp³-hybridized carbons (Fsp3) is 1.00. The number of rotatable bonds is 0. The van der Waals surface area contributed by atoms with Gasteiger partial charge in [0.25, 0.3) is 0 Å². The minimum Gasteiger partial charge on any atom is -0.594 e. The molecule has 0 saturated carbocycles. The quantitative estimate of drug-likeness (QED) is 0.276. The molecule has 2 unspecified atom stereocenters. The molecule has 1 rings (SSSR count). The molecule has 2 atom stereocenters. The minimum absolute atomic E-state index is 0.0127. The molecule has 42 valence electrons. The minimum atomic E-state index is -0.648. The molecule has 0 aliphatic carbocycles. The largest absolute Gasteiger partial charge is 0.594 e. The standard InChI is InChI=1S/CH5N3O3/c5-3-1-2-4(6)7-3/h2-4H,1H2. The van der Waals surface area contributed by atoms with Gasteiger partial charge >= 0.3 is 0 Å². The molecule has 1 aliphatic rings. The zero-order valence-corrected chi connectivity index (χ0v) is 3.43. The number of quaternary nitrogens is 2. The lowest BCUT2D eigenvalue weighted by Gasteiger charge is -2.07. The first-order chi connectivity index (χ1) is 3.29. The summed E-state index contributed by atoms with van der Waals surface area (Å²) >= 11 is 0. The smallest absolute Gasteiger partial charge is 0.211 e. The van der Waals surface area contributed by atoms with E-state index < -0.39 is 10.6 Å². The third-order valence-electron chi connectivity index (χ3n) is 0.584. The molecule has 0 amide bonds. The van der Waals surface area contributed by atoms with Crippen molar-refractivity contribution in [2.24, 2.45) is 0 Å². The summed E-state index contributed by atoms with van der Waals surface area (Å²) < 4.78 is 0. The van der Waals surface area contributed by atoms with Crippen LogP contribution in [0.3, 0.4) is 0 Å². The predicted molar refractivity (Wildman–Crippen MR) is 17.7 cm³/mol. The highest BCUT2D eigenvalue weighted by Gasteiger charge is 2.14. The zero-order valence-electron chi connectivity index (χ0n) is 3.43. The van der Waals surface area contributed by atoms with Gasteiger partial charge in [-0.05, 0) is 0 Å². The van der Waals surface area contributed by atoms with Crippen molar-refractivity contribution in [3.05, 3.63) is 10.4 Å². The lowest BCUT2D eigenvalue weighted by molar-refractivity contribution is -1.27. The van der Waals surface area contributed by atoms with Crippen molar-refractivity contribution in [1.29, 1.82) is 0 Å². The highest BCUT2D eigenvalue weighted by Crippen LogP contribution is 1.39. The van der Waals surface area contributed by atoms with Crippen LogP contribution in [0.4, 0.5) is 0 Å². The summed E-state index contributed by atoms with van der Waals surface area (Å²) in [5.74, 6) is 0. The molecule has 1 aliphatic heterocycles. The van der Waals surface area contributed by atoms with Gasteiger partial charge in [0.1, 0.15) is 0 Å². The summed E-state index contributed by atoms with van der Waals surface area (Å²) in [5, 5.41) is 18.7. The Kier molecular flexibility index (Phi) is 1.19. The van der Waals surface area contributed by atoms with Gasteiger partial charge in [0.2, 0.25) is 6.67 Å². The normalized spacial score (nSPS) is 42.0. The number of nitrogens with one attached hydrogen (secondary N) is 3. The van der Waals surface area contributed by atoms with Crippen molar-refractivity contribution in [1.82, 2.24) is 5.43 Å². The molecular weight excluding hydrogens is 102 g/mol. The Morgan fingerprint density at radius 2 is 2.29 bits per heavy atom. The van der Waals surface area contributed by atoms with Gasteiger partial charge in [-0.25, -0.2) is 0 Å². The van der Waals surface area contributed by atoms with Crippen LogP contribution >= 0.6 is 0 Å². The molecule has 0 aromatic carbocycles. The van der Waals surface area contributed by atoms with Crippen LogP contribution in [-0.2, 0) is 4.94 Å². The molecule has 0 aromatic heterocycles. The lowest BCUT2D eigenvalue weighted by Crippen LogP contribution is -3.18. The second kappa shape index (κ2) is 1.70. The van der Waals surface area contributed by atoms with E-state index in [1.165, 1.54) is 0 Å². The fourth-order valence-corrected chi connectivity index (χ4v) is 0.320. The van der Waals surface area contributed by atoms with Gasteiger partial charge in [0.05, 0.1) is 0 Å². The monoisotopic (exact) mass is 107 g/mol. The Morgan fingerprint density at radius 1 is 1.57 bits per heavy atom. The van der Waals surface area contributed by atoms with Crippen molar-refractivity contribution in [2.75, 3.05) is 6.67 Å². The van der Waals surface area contributed by atoms with Crippen LogP contribution in [0.5, 0.6) is 0 Å². The average Bonchev–Trinajstić information content (AvgIpc) is 1.87. The molecule has 0 spiro atoms. The molecule has 3 N–H and O–H groups in total. The van der Waals surface area contributed by atoms with E-state index >= 15 is 0 Å². The lowest BCUT2D eigenvalue weighted by atomic mass is 11.2. The number of hydrogen-bond donors (Lipinski definition) is 3. The Hall–Kier alpha value is -0.240. The first-order valence-electron chi connectivity index (χ1n) is 1.77. The van der Waals surface area contributed by atoms with E-state index in [-0.39, 0.29) is 6.67 Å². The highest BCUT2D eigenvalue weighted by atomic mass is 17.1. The maximum atomic E-state index is 9.95. The maximum Gasteiger partial charge on any atom is 0.211 e. The fourth-order valence-electron chi connectivity index (χ4n) is 0.320. The zero-order chi connectivity index (χ0) is 5.28. The number of hydrogen-bond acceptors (Lipinski definition) is 4. The number of hydroxylamine groups is 2. The molecular formula is CH5N3O3. The molecule has 0 radical (unpaired) electrons. The van der Waals surface area contributed by atoms with E-state index in [1.807, 2.05) is 0 Å². The average molecular weight is 107 g/mol. The van der Waals surface area contributed by atoms with Crippen LogP contribution in [0.15, 0.2) is 0 Å². The Balaban J connectivity index is 2.26. The van der Waals surface area contributed by atoms with Crippen LogP contribution in [0.25, 0.3) is 0 Å². The molecule has 7 heavy (non-hydrogen) atoms. The second-order valence-corrected chi connectivity index (χ2v) is 1.12. The van der Waals surface area contributed by atoms with Crippen LogP contribution in [0.1, 0.15) is 0 Å². The first-order valence-corrected chi connectivity index (χ1v) is 1.77. The molecule has 6 nitrogen and oxygen atoms in total. The van der Waals surface area contributed by atoms with Crippen molar-refractivity contribution < 1.29 is 15.5 Å². The van der Waals surface area contributed by atoms with Crippen molar-refractivity contribution in [2.45, 2.75) is 0 Å². The maximum absolute atomic E-state index is 9.95. The summed E-state index contributed by atoms with van der Waals surface area (Å²) in [6.45, 7) is 0.0127. The second-order valence-electron chi connectivity index (χ2n) is 1.12. The third kappa shape index (κ3) is 1.06. The molecule has 1 fully saturated rings. The Bertz CT molecular complexity index is 59.2. The van der Waals surface area contributed by atoms with Gasteiger partial charge < -0.3 is 10.4 Å². The van der Waals surface area contributed by atoms with Crippen LogP contribution < -0.4 is 16.0 Å². The topological polar surface area (TPSA) is 76.3 Å². The van der Waals surface area contributed by atoms with E-state index in [0.29, 0.717) is 0 Å². The van der Waals surface area contributed by atoms with Gasteiger partial charge in [-0.1, -0.05) is 10.8 Å². The van der Waals surface area contributed by atoms with Gasteiger partial charge in [-0.2, -0.15) is 5.23 Å². The summed E-state index contributed by atoms with van der Waals surface area (Å²) in [6.07, 6.45) is 0. The Morgan fingerprint density at radius 3 is 2.43 bits per heavy atom. The van der Waals surface area contributed by atoms with Gasteiger partial charge in [-0.15, -0.1) is 0 Å². The van der Waals surface area contributed by atoms with E-state index in [1.54, 1.807) is 0 Å². The van der Waals surface area contributed by atoms with Crippen molar-refractivity contribution >= 4 is 0 Å². The van der Waals surface area contributed by atoms with E-state index in [9.17, 15) is 10.4 Å². The molecule has 0 bridgehead atoms. The van der Waals surface area contributed by atoms with Crippen molar-refractivity contribution in [3.63, 3.8) is 0 Å². The van der Waals surface area contributed by atoms with Crippen LogP contribution in [0, 0.1) is 10.4 Å². The summed E-state index contributed by atoms with van der Waals surface area (Å²) in [4.78, 5) is 3.97. The van der Waals surface area contributed by atoms with E-state index in [2.05, 4.69) is 10.4 Å². The van der Waals surface area contributed by atoms with E-state index in [0.717, 1.165) is 0 Å². The predicted octanol–water partition coefficient (Wildman–Crippen LogP) is -3.93.